The van der Waals surface area contributed by atoms with Crippen LogP contribution in [0.25, 0.3) is 5.78 Å². The lowest BCUT2D eigenvalue weighted by Crippen LogP contribution is -2.44. The largest absolute Gasteiger partial charge is 0.368 e. The molecule has 1 N–H and O–H groups in total. The Morgan fingerprint density at radius 2 is 2.17 bits per heavy atom. The Morgan fingerprint density at radius 1 is 1.25 bits per heavy atom. The molecule has 1 saturated heterocycles. The standard InChI is InChI=1S/C18H30N6/c1-3-5-10-23-11-7-6-9-16(23)13-19-17-12-15(8-4-2)22-18-20-14-21-24(17)18/h12,14,16,19H,3-11,13H2,1-2H3. The number of hydrogen-bond donors (Lipinski definition) is 1. The molecule has 0 saturated carbocycles. The number of unbranched alkanes of at least 4 members (excludes halogenated alkanes) is 1. The Hall–Kier alpha value is -1.69. The maximum Gasteiger partial charge on any atom is 0.254 e. The molecule has 6 nitrogen and oxygen atoms in total. The Bertz CT molecular complexity index is 637. The molecule has 0 radical (unpaired) electrons. The molecule has 3 heterocycles. The van der Waals surface area contributed by atoms with Crippen molar-refractivity contribution < 1.29 is 0 Å². The van der Waals surface area contributed by atoms with Gasteiger partial charge in [0, 0.05) is 24.3 Å². The number of rotatable bonds is 8. The molecule has 132 valence electrons. The number of likely N-dealkylation sites (tertiary alicyclic amines) is 1. The predicted octanol–water partition coefficient (Wildman–Crippen LogP) is 3.14. The summed E-state index contributed by atoms with van der Waals surface area (Å²) in [5, 5.41) is 7.95. The van der Waals surface area contributed by atoms with Crippen molar-refractivity contribution in [1.29, 1.82) is 0 Å². The third-order valence-electron chi connectivity index (χ3n) is 4.88. The van der Waals surface area contributed by atoms with Crippen molar-refractivity contribution >= 4 is 11.6 Å². The van der Waals surface area contributed by atoms with Gasteiger partial charge in [-0.3, -0.25) is 4.90 Å². The summed E-state index contributed by atoms with van der Waals surface area (Å²) in [7, 11) is 0. The highest BCUT2D eigenvalue weighted by Crippen LogP contribution is 2.19. The van der Waals surface area contributed by atoms with Gasteiger partial charge in [0.15, 0.2) is 0 Å². The first-order valence-corrected chi connectivity index (χ1v) is 9.49. The van der Waals surface area contributed by atoms with E-state index in [2.05, 4.69) is 45.2 Å². The highest BCUT2D eigenvalue weighted by atomic mass is 15.4. The molecule has 1 atom stereocenters. The van der Waals surface area contributed by atoms with E-state index in [1.165, 1.54) is 45.2 Å². The van der Waals surface area contributed by atoms with E-state index in [-0.39, 0.29) is 0 Å². The molecule has 0 aromatic carbocycles. The highest BCUT2D eigenvalue weighted by molar-refractivity contribution is 5.45. The Balaban J connectivity index is 1.70. The van der Waals surface area contributed by atoms with Crippen LogP contribution in [0.1, 0.15) is 58.1 Å². The van der Waals surface area contributed by atoms with Gasteiger partial charge in [-0.05, 0) is 38.8 Å². The molecule has 3 rings (SSSR count). The first kappa shape index (κ1) is 17.1. The quantitative estimate of drug-likeness (QED) is 0.806. The minimum atomic E-state index is 0.617. The van der Waals surface area contributed by atoms with E-state index in [4.69, 9.17) is 0 Å². The lowest BCUT2D eigenvalue weighted by molar-refractivity contribution is 0.154. The molecular weight excluding hydrogens is 300 g/mol. The number of hydrogen-bond acceptors (Lipinski definition) is 5. The van der Waals surface area contributed by atoms with Gasteiger partial charge in [0.05, 0.1) is 0 Å². The number of piperidine rings is 1. The maximum atomic E-state index is 4.57. The van der Waals surface area contributed by atoms with Gasteiger partial charge in [0.25, 0.3) is 5.78 Å². The van der Waals surface area contributed by atoms with Gasteiger partial charge in [-0.1, -0.05) is 33.1 Å². The molecule has 24 heavy (non-hydrogen) atoms. The third kappa shape index (κ3) is 4.04. The molecule has 0 amide bonds. The zero-order valence-corrected chi connectivity index (χ0v) is 15.0. The number of nitrogens with one attached hydrogen (secondary N) is 1. The molecule has 0 aliphatic carbocycles. The molecule has 1 fully saturated rings. The van der Waals surface area contributed by atoms with Gasteiger partial charge in [-0.25, -0.2) is 4.98 Å². The van der Waals surface area contributed by atoms with Gasteiger partial charge in [0.2, 0.25) is 0 Å². The molecule has 1 aliphatic rings. The minimum Gasteiger partial charge on any atom is -0.368 e. The molecule has 2 aromatic rings. The molecule has 2 aromatic heterocycles. The SMILES string of the molecule is CCCCN1CCCCC1CNc1cc(CCC)nc2ncnn12. The van der Waals surface area contributed by atoms with Crippen molar-refractivity contribution in [3.63, 3.8) is 0 Å². The zero-order chi connectivity index (χ0) is 16.8. The van der Waals surface area contributed by atoms with Crippen molar-refractivity contribution in [2.45, 2.75) is 64.8 Å². The minimum absolute atomic E-state index is 0.617. The molecule has 6 heteroatoms. The lowest BCUT2D eigenvalue weighted by atomic mass is 10.0. The summed E-state index contributed by atoms with van der Waals surface area (Å²) in [6, 6.07) is 2.75. The Kier molecular flexibility index (Phi) is 6.01. The van der Waals surface area contributed by atoms with E-state index in [9.17, 15) is 0 Å². The number of nitrogens with zero attached hydrogens (tertiary/aromatic N) is 5. The van der Waals surface area contributed by atoms with Crippen LogP contribution in [0.3, 0.4) is 0 Å². The Morgan fingerprint density at radius 3 is 3.00 bits per heavy atom. The van der Waals surface area contributed by atoms with Gasteiger partial charge in [-0.15, -0.1) is 0 Å². The van der Waals surface area contributed by atoms with Gasteiger partial charge in [-0.2, -0.15) is 14.6 Å². The van der Waals surface area contributed by atoms with Crippen molar-refractivity contribution in [2.24, 2.45) is 0 Å². The molecular formula is C18H30N6. The van der Waals surface area contributed by atoms with E-state index in [0.717, 1.165) is 30.9 Å². The highest BCUT2D eigenvalue weighted by Gasteiger charge is 2.22. The first-order valence-electron chi connectivity index (χ1n) is 9.49. The topological polar surface area (TPSA) is 58.3 Å². The van der Waals surface area contributed by atoms with Crippen LogP contribution >= 0.6 is 0 Å². The van der Waals surface area contributed by atoms with Crippen LogP contribution in [0, 0.1) is 0 Å². The van der Waals surface area contributed by atoms with Crippen LogP contribution in [-0.4, -0.2) is 50.2 Å². The van der Waals surface area contributed by atoms with E-state index in [1.807, 2.05) is 4.52 Å². The monoisotopic (exact) mass is 330 g/mol. The average molecular weight is 330 g/mol. The van der Waals surface area contributed by atoms with Crippen LogP contribution in [0.15, 0.2) is 12.4 Å². The fourth-order valence-corrected chi connectivity index (χ4v) is 3.54. The summed E-state index contributed by atoms with van der Waals surface area (Å²) in [6.45, 7) is 7.87. The molecule has 0 bridgehead atoms. The van der Waals surface area contributed by atoms with Crippen LogP contribution in [0.2, 0.25) is 0 Å². The van der Waals surface area contributed by atoms with Crippen LogP contribution < -0.4 is 5.32 Å². The van der Waals surface area contributed by atoms with E-state index >= 15 is 0 Å². The molecule has 0 spiro atoms. The second kappa shape index (κ2) is 8.42. The maximum absolute atomic E-state index is 4.57. The van der Waals surface area contributed by atoms with E-state index < -0.39 is 0 Å². The number of fused-ring (bicyclic) bond motifs is 1. The number of anilines is 1. The van der Waals surface area contributed by atoms with Crippen molar-refractivity contribution in [2.75, 3.05) is 25.0 Å². The van der Waals surface area contributed by atoms with Crippen molar-refractivity contribution in [3.8, 4) is 0 Å². The molecule has 1 aliphatic heterocycles. The summed E-state index contributed by atoms with van der Waals surface area (Å²) < 4.78 is 1.82. The second-order valence-electron chi connectivity index (χ2n) is 6.77. The normalized spacial score (nSPS) is 19.0. The lowest BCUT2D eigenvalue weighted by Gasteiger charge is -2.36. The summed E-state index contributed by atoms with van der Waals surface area (Å²) in [4.78, 5) is 11.5. The second-order valence-corrected chi connectivity index (χ2v) is 6.77. The third-order valence-corrected chi connectivity index (χ3v) is 4.88. The van der Waals surface area contributed by atoms with Gasteiger partial charge in [0.1, 0.15) is 12.1 Å². The fraction of sp³-hybridized carbons (Fsp3) is 0.722. The zero-order valence-electron chi connectivity index (χ0n) is 15.0. The van der Waals surface area contributed by atoms with Gasteiger partial charge >= 0.3 is 0 Å². The van der Waals surface area contributed by atoms with E-state index in [0.29, 0.717) is 11.8 Å². The fourth-order valence-electron chi connectivity index (χ4n) is 3.54. The summed E-state index contributed by atoms with van der Waals surface area (Å²) in [5.74, 6) is 1.71. The van der Waals surface area contributed by atoms with Crippen LogP contribution in [0.4, 0.5) is 5.82 Å². The number of aromatic nitrogens is 4. The predicted molar refractivity (Wildman–Crippen MR) is 97.4 cm³/mol. The van der Waals surface area contributed by atoms with E-state index in [1.54, 1.807) is 6.33 Å². The average Bonchev–Trinajstić information content (AvgIpc) is 3.07. The Labute approximate surface area is 144 Å². The number of aryl methyl sites for hydroxylation is 1. The van der Waals surface area contributed by atoms with Crippen LogP contribution in [0.5, 0.6) is 0 Å². The van der Waals surface area contributed by atoms with Crippen molar-refractivity contribution in [3.05, 3.63) is 18.1 Å². The van der Waals surface area contributed by atoms with Gasteiger partial charge < -0.3 is 5.32 Å². The smallest absolute Gasteiger partial charge is 0.254 e. The summed E-state index contributed by atoms with van der Waals surface area (Å²) in [5.41, 5.74) is 1.09. The van der Waals surface area contributed by atoms with Crippen LogP contribution in [-0.2, 0) is 6.42 Å². The first-order chi connectivity index (χ1) is 11.8. The van der Waals surface area contributed by atoms with Crippen molar-refractivity contribution in [1.82, 2.24) is 24.5 Å². The summed E-state index contributed by atoms with van der Waals surface area (Å²) in [6.07, 6.45) is 10.2. The molecule has 1 unspecified atom stereocenters. The summed E-state index contributed by atoms with van der Waals surface area (Å²) >= 11 is 0.